The molecule has 0 amide bonds. The van der Waals surface area contributed by atoms with Crippen molar-refractivity contribution in [3.8, 4) is 0 Å². The van der Waals surface area contributed by atoms with E-state index in [9.17, 15) is 4.79 Å². The van der Waals surface area contributed by atoms with E-state index in [0.29, 0.717) is 0 Å². The summed E-state index contributed by atoms with van der Waals surface area (Å²) in [4.78, 5) is 16.7. The van der Waals surface area contributed by atoms with Crippen molar-refractivity contribution >= 4 is 5.97 Å². The van der Waals surface area contributed by atoms with Gasteiger partial charge in [-0.25, -0.2) is 0 Å². The van der Waals surface area contributed by atoms with Gasteiger partial charge in [-0.15, -0.1) is 5.06 Å². The molecule has 0 radical (unpaired) electrons. The van der Waals surface area contributed by atoms with Crippen molar-refractivity contribution in [2.24, 2.45) is 0 Å². The van der Waals surface area contributed by atoms with Gasteiger partial charge < -0.3 is 9.57 Å². The van der Waals surface area contributed by atoms with Crippen molar-refractivity contribution in [3.63, 3.8) is 0 Å². The molecule has 0 unspecified atom stereocenters. The van der Waals surface area contributed by atoms with Crippen LogP contribution in [0, 0.1) is 0 Å². The summed E-state index contributed by atoms with van der Waals surface area (Å²) in [6.07, 6.45) is 3.03. The number of hydrogen-bond acceptors (Lipinski definition) is 4. The Balaban J connectivity index is 2.80. The third-order valence-corrected chi connectivity index (χ3v) is 3.33. The summed E-state index contributed by atoms with van der Waals surface area (Å²) in [5, 5.41) is 1.84. The number of piperidine rings is 1. The maximum atomic E-state index is 11.2. The summed E-state index contributed by atoms with van der Waals surface area (Å²) >= 11 is 0. The second-order valence-corrected chi connectivity index (χ2v) is 6.40. The first-order valence-electron chi connectivity index (χ1n) is 6.79. The fourth-order valence-electron chi connectivity index (χ4n) is 2.95. The molecule has 1 heterocycles. The van der Waals surface area contributed by atoms with Crippen LogP contribution in [-0.4, -0.2) is 34.8 Å². The SMILES string of the molecule is CCCOC1CC(C)(C)N(OC(C)=O)C(C)(C)C1. The normalized spacial score (nSPS) is 23.9. The number of hydroxylamine groups is 2. The van der Waals surface area contributed by atoms with Crippen molar-refractivity contribution in [1.29, 1.82) is 0 Å². The molecular formula is C14H27NO3. The third kappa shape index (κ3) is 3.69. The highest BCUT2D eigenvalue weighted by Gasteiger charge is 2.48. The number of nitrogens with zero attached hydrogens (tertiary/aromatic N) is 1. The average Bonchev–Trinajstić information content (AvgIpc) is 2.19. The predicted octanol–water partition coefficient (Wildman–Crippen LogP) is 2.91. The van der Waals surface area contributed by atoms with E-state index in [0.717, 1.165) is 25.9 Å². The number of carbonyl (C=O) groups excluding carboxylic acids is 1. The topological polar surface area (TPSA) is 38.8 Å². The molecule has 0 atom stereocenters. The zero-order valence-corrected chi connectivity index (χ0v) is 12.6. The Labute approximate surface area is 111 Å². The summed E-state index contributed by atoms with van der Waals surface area (Å²) in [6, 6.07) is 0. The minimum absolute atomic E-state index is 0.203. The highest BCUT2D eigenvalue weighted by molar-refractivity contribution is 5.65. The lowest BCUT2D eigenvalue weighted by Gasteiger charge is -2.52. The maximum Gasteiger partial charge on any atom is 0.322 e. The van der Waals surface area contributed by atoms with Crippen LogP contribution in [0.4, 0.5) is 0 Å². The molecule has 4 heteroatoms. The molecule has 0 aromatic heterocycles. The molecule has 0 aromatic carbocycles. The number of hydrogen-bond donors (Lipinski definition) is 0. The van der Waals surface area contributed by atoms with Crippen molar-refractivity contribution in [2.75, 3.05) is 6.61 Å². The first kappa shape index (κ1) is 15.4. The summed E-state index contributed by atoms with van der Waals surface area (Å²) in [7, 11) is 0. The number of ether oxygens (including phenoxy) is 1. The van der Waals surface area contributed by atoms with Crippen LogP contribution >= 0.6 is 0 Å². The second-order valence-electron chi connectivity index (χ2n) is 6.40. The van der Waals surface area contributed by atoms with Crippen LogP contribution in [0.1, 0.15) is 60.8 Å². The fraction of sp³-hybridized carbons (Fsp3) is 0.929. The fourth-order valence-corrected chi connectivity index (χ4v) is 2.95. The Morgan fingerprint density at radius 2 is 1.72 bits per heavy atom. The lowest BCUT2D eigenvalue weighted by Crippen LogP contribution is -2.62. The van der Waals surface area contributed by atoms with Gasteiger partial charge in [-0.05, 0) is 47.0 Å². The quantitative estimate of drug-likeness (QED) is 0.776. The highest BCUT2D eigenvalue weighted by atomic mass is 16.7. The summed E-state index contributed by atoms with van der Waals surface area (Å²) in [5.74, 6) is -0.260. The van der Waals surface area contributed by atoms with Gasteiger partial charge in [0.05, 0.1) is 17.2 Å². The van der Waals surface area contributed by atoms with Gasteiger partial charge in [0.25, 0.3) is 0 Å². The molecule has 0 saturated carbocycles. The molecule has 1 rings (SSSR count). The van der Waals surface area contributed by atoms with E-state index in [1.165, 1.54) is 6.92 Å². The van der Waals surface area contributed by atoms with Crippen LogP contribution in [0.5, 0.6) is 0 Å². The summed E-state index contributed by atoms with van der Waals surface area (Å²) in [6.45, 7) is 12.7. The van der Waals surface area contributed by atoms with Gasteiger partial charge in [0, 0.05) is 13.5 Å². The molecule has 0 aromatic rings. The molecule has 1 aliphatic rings. The molecule has 1 aliphatic heterocycles. The monoisotopic (exact) mass is 257 g/mol. The first-order valence-corrected chi connectivity index (χ1v) is 6.79. The Bertz CT molecular complexity index is 281. The van der Waals surface area contributed by atoms with Crippen LogP contribution < -0.4 is 0 Å². The third-order valence-electron chi connectivity index (χ3n) is 3.33. The van der Waals surface area contributed by atoms with Crippen molar-refractivity contribution < 1.29 is 14.4 Å². The van der Waals surface area contributed by atoms with Crippen LogP contribution in [0.15, 0.2) is 0 Å². The Morgan fingerprint density at radius 1 is 1.22 bits per heavy atom. The Morgan fingerprint density at radius 3 is 2.11 bits per heavy atom. The van der Waals surface area contributed by atoms with Crippen LogP contribution in [0.3, 0.4) is 0 Å². The molecule has 1 fully saturated rings. The standard InChI is InChI=1S/C14H27NO3/c1-7-8-17-12-9-13(3,4)15(18-11(2)16)14(5,6)10-12/h12H,7-10H2,1-6H3. The molecule has 0 bridgehead atoms. The molecule has 0 aliphatic carbocycles. The summed E-state index contributed by atoms with van der Waals surface area (Å²) < 4.78 is 5.89. The molecule has 1 saturated heterocycles. The van der Waals surface area contributed by atoms with Crippen LogP contribution in [0.2, 0.25) is 0 Å². The van der Waals surface area contributed by atoms with E-state index in [1.54, 1.807) is 0 Å². The molecule has 0 spiro atoms. The minimum atomic E-state index is -0.260. The van der Waals surface area contributed by atoms with E-state index in [-0.39, 0.29) is 23.2 Å². The zero-order chi connectivity index (χ0) is 14.0. The van der Waals surface area contributed by atoms with Gasteiger partial charge in [-0.2, -0.15) is 0 Å². The van der Waals surface area contributed by atoms with Crippen LogP contribution in [0.25, 0.3) is 0 Å². The lowest BCUT2D eigenvalue weighted by molar-refractivity contribution is -0.277. The molecule has 18 heavy (non-hydrogen) atoms. The number of carbonyl (C=O) groups is 1. The summed E-state index contributed by atoms with van der Waals surface area (Å²) in [5.41, 5.74) is -0.405. The van der Waals surface area contributed by atoms with Gasteiger partial charge in [0.2, 0.25) is 0 Å². The van der Waals surface area contributed by atoms with E-state index in [4.69, 9.17) is 9.57 Å². The highest BCUT2D eigenvalue weighted by Crippen LogP contribution is 2.39. The molecule has 106 valence electrons. The maximum absolute atomic E-state index is 11.2. The minimum Gasteiger partial charge on any atom is -0.378 e. The smallest absolute Gasteiger partial charge is 0.322 e. The van der Waals surface area contributed by atoms with Crippen molar-refractivity contribution in [3.05, 3.63) is 0 Å². The Hall–Kier alpha value is -0.610. The van der Waals surface area contributed by atoms with Crippen molar-refractivity contribution in [2.45, 2.75) is 78.0 Å². The predicted molar refractivity (Wildman–Crippen MR) is 71.0 cm³/mol. The van der Waals surface area contributed by atoms with Gasteiger partial charge in [0.1, 0.15) is 0 Å². The lowest BCUT2D eigenvalue weighted by atomic mass is 9.80. The largest absolute Gasteiger partial charge is 0.378 e. The zero-order valence-electron chi connectivity index (χ0n) is 12.6. The molecule has 4 nitrogen and oxygen atoms in total. The number of rotatable bonds is 4. The van der Waals surface area contributed by atoms with E-state index in [2.05, 4.69) is 34.6 Å². The first-order chi connectivity index (χ1) is 8.19. The second kappa shape index (κ2) is 5.57. The van der Waals surface area contributed by atoms with Gasteiger partial charge >= 0.3 is 5.97 Å². The van der Waals surface area contributed by atoms with Crippen molar-refractivity contribution in [1.82, 2.24) is 5.06 Å². The average molecular weight is 257 g/mol. The van der Waals surface area contributed by atoms with E-state index >= 15 is 0 Å². The molecular weight excluding hydrogens is 230 g/mol. The van der Waals surface area contributed by atoms with Gasteiger partial charge in [0.15, 0.2) is 0 Å². The van der Waals surface area contributed by atoms with Gasteiger partial charge in [-0.1, -0.05) is 6.92 Å². The Kier molecular flexibility index (Phi) is 4.78. The van der Waals surface area contributed by atoms with E-state index < -0.39 is 0 Å². The molecule has 0 N–H and O–H groups in total. The van der Waals surface area contributed by atoms with Crippen LogP contribution in [-0.2, 0) is 14.4 Å². The van der Waals surface area contributed by atoms with E-state index in [1.807, 2.05) is 5.06 Å². The van der Waals surface area contributed by atoms with Gasteiger partial charge in [-0.3, -0.25) is 4.79 Å².